The maximum Gasteiger partial charge on any atom is 0.0361 e. The molecule has 0 radical (unpaired) electrons. The molecule has 1 unspecified atom stereocenters. The zero-order valence-corrected chi connectivity index (χ0v) is 13.4. The first-order valence-corrected chi connectivity index (χ1v) is 8.91. The second-order valence-corrected chi connectivity index (χ2v) is 7.20. The van der Waals surface area contributed by atoms with Gasteiger partial charge in [0, 0.05) is 17.3 Å². The van der Waals surface area contributed by atoms with Gasteiger partial charge in [-0.2, -0.15) is 11.8 Å². The molecule has 0 aromatic heterocycles. The van der Waals surface area contributed by atoms with Gasteiger partial charge in [-0.1, -0.05) is 60.7 Å². The van der Waals surface area contributed by atoms with Crippen LogP contribution in [0.4, 0.5) is 0 Å². The maximum atomic E-state index is 3.82. The van der Waals surface area contributed by atoms with E-state index in [2.05, 4.69) is 72.2 Å². The van der Waals surface area contributed by atoms with Gasteiger partial charge in [-0.25, -0.2) is 0 Å². The van der Waals surface area contributed by atoms with E-state index < -0.39 is 0 Å². The molecule has 0 bridgehead atoms. The summed E-state index contributed by atoms with van der Waals surface area (Å²) in [5.41, 5.74) is 2.78. The Morgan fingerprint density at radius 3 is 2.19 bits per heavy atom. The van der Waals surface area contributed by atoms with Gasteiger partial charge in [-0.15, -0.1) is 0 Å². The van der Waals surface area contributed by atoms with Crippen molar-refractivity contribution in [2.24, 2.45) is 0 Å². The summed E-state index contributed by atoms with van der Waals surface area (Å²) < 4.78 is 0.504. The predicted octanol–water partition coefficient (Wildman–Crippen LogP) is 4.46. The summed E-state index contributed by atoms with van der Waals surface area (Å²) in [5.74, 6) is 0. The fourth-order valence-electron chi connectivity index (χ4n) is 2.74. The Balaban J connectivity index is 1.71. The van der Waals surface area contributed by atoms with Crippen LogP contribution in [0.2, 0.25) is 0 Å². The van der Waals surface area contributed by atoms with E-state index in [1.807, 2.05) is 11.8 Å². The average molecular weight is 297 g/mol. The lowest BCUT2D eigenvalue weighted by molar-refractivity contribution is 0.524. The van der Waals surface area contributed by atoms with Crippen LogP contribution in [-0.4, -0.2) is 17.5 Å². The van der Waals surface area contributed by atoms with E-state index >= 15 is 0 Å². The van der Waals surface area contributed by atoms with E-state index in [0.717, 1.165) is 13.0 Å². The van der Waals surface area contributed by atoms with Gasteiger partial charge in [0.15, 0.2) is 0 Å². The van der Waals surface area contributed by atoms with Crippen LogP contribution in [0.5, 0.6) is 0 Å². The lowest BCUT2D eigenvalue weighted by Gasteiger charge is -2.22. The molecular weight excluding hydrogens is 274 g/mol. The molecule has 0 spiro atoms. The van der Waals surface area contributed by atoms with Crippen molar-refractivity contribution in [1.82, 2.24) is 5.32 Å². The summed E-state index contributed by atoms with van der Waals surface area (Å²) in [6, 6.07) is 22.0. The van der Waals surface area contributed by atoms with Gasteiger partial charge < -0.3 is 5.32 Å². The number of benzene rings is 2. The normalized spacial score (nSPS) is 17.4. The van der Waals surface area contributed by atoms with E-state index in [0.29, 0.717) is 10.8 Å². The van der Waals surface area contributed by atoms with Crippen molar-refractivity contribution in [3.05, 3.63) is 71.8 Å². The van der Waals surface area contributed by atoms with Crippen molar-refractivity contribution in [1.29, 1.82) is 0 Å². The molecule has 21 heavy (non-hydrogen) atoms. The summed E-state index contributed by atoms with van der Waals surface area (Å²) in [6.45, 7) is 1.11. The Kier molecular flexibility index (Phi) is 4.67. The molecule has 1 saturated carbocycles. The van der Waals surface area contributed by atoms with Gasteiger partial charge in [-0.3, -0.25) is 0 Å². The summed E-state index contributed by atoms with van der Waals surface area (Å²) in [4.78, 5) is 0. The van der Waals surface area contributed by atoms with Crippen LogP contribution < -0.4 is 5.32 Å². The Hall–Kier alpha value is -1.25. The van der Waals surface area contributed by atoms with Crippen molar-refractivity contribution >= 4 is 11.8 Å². The van der Waals surface area contributed by atoms with Crippen LogP contribution >= 0.6 is 11.8 Å². The van der Waals surface area contributed by atoms with Crippen LogP contribution in [-0.2, 0) is 6.42 Å². The molecule has 1 aliphatic carbocycles. The third-order valence-corrected chi connectivity index (χ3v) is 5.81. The minimum Gasteiger partial charge on any atom is -0.308 e. The first kappa shape index (κ1) is 14.7. The second kappa shape index (κ2) is 6.67. The van der Waals surface area contributed by atoms with Gasteiger partial charge >= 0.3 is 0 Å². The van der Waals surface area contributed by atoms with E-state index in [1.165, 1.54) is 24.0 Å². The number of rotatable bonds is 7. The quantitative estimate of drug-likeness (QED) is 0.810. The van der Waals surface area contributed by atoms with Crippen molar-refractivity contribution in [3.8, 4) is 0 Å². The molecule has 1 N–H and O–H groups in total. The van der Waals surface area contributed by atoms with Crippen molar-refractivity contribution in [2.45, 2.75) is 30.1 Å². The van der Waals surface area contributed by atoms with Crippen LogP contribution in [0, 0.1) is 0 Å². The zero-order chi connectivity index (χ0) is 14.5. The average Bonchev–Trinajstić information content (AvgIpc) is 3.34. The van der Waals surface area contributed by atoms with Crippen LogP contribution in [0.3, 0.4) is 0 Å². The van der Waals surface area contributed by atoms with Gasteiger partial charge in [0.1, 0.15) is 0 Å². The zero-order valence-electron chi connectivity index (χ0n) is 12.6. The highest BCUT2D eigenvalue weighted by Gasteiger charge is 2.41. The molecule has 1 aliphatic rings. The first-order chi connectivity index (χ1) is 10.3. The summed E-state index contributed by atoms with van der Waals surface area (Å²) in [6.07, 6.45) is 6.00. The van der Waals surface area contributed by atoms with E-state index in [-0.39, 0.29) is 0 Å². The van der Waals surface area contributed by atoms with Crippen LogP contribution in [0.1, 0.15) is 30.0 Å². The number of hydrogen-bond donors (Lipinski definition) is 1. The van der Waals surface area contributed by atoms with Gasteiger partial charge in [-0.05, 0) is 36.6 Å². The highest BCUT2D eigenvalue weighted by Crippen LogP contribution is 2.46. The summed E-state index contributed by atoms with van der Waals surface area (Å²) in [5, 5.41) is 3.82. The molecule has 0 heterocycles. The monoisotopic (exact) mass is 297 g/mol. The fourth-order valence-corrected chi connectivity index (χ4v) is 3.48. The largest absolute Gasteiger partial charge is 0.308 e. The highest BCUT2D eigenvalue weighted by atomic mass is 32.2. The molecule has 2 aromatic rings. The topological polar surface area (TPSA) is 12.0 Å². The minimum absolute atomic E-state index is 0.401. The van der Waals surface area contributed by atoms with Crippen LogP contribution in [0.25, 0.3) is 0 Å². The molecule has 2 heteroatoms. The molecule has 0 aliphatic heterocycles. The number of nitrogens with one attached hydrogen (secondary N) is 1. The molecule has 0 saturated heterocycles. The summed E-state index contributed by atoms with van der Waals surface area (Å²) >= 11 is 2.02. The van der Waals surface area contributed by atoms with Gasteiger partial charge in [0.05, 0.1) is 0 Å². The van der Waals surface area contributed by atoms with Gasteiger partial charge in [0.25, 0.3) is 0 Å². The first-order valence-electron chi connectivity index (χ1n) is 7.69. The SMILES string of the molecule is CSC1(CNC(Cc2ccccc2)c2ccccc2)CC1. The lowest BCUT2D eigenvalue weighted by atomic mass is 9.99. The Morgan fingerprint density at radius 2 is 1.62 bits per heavy atom. The third-order valence-electron chi connectivity index (χ3n) is 4.40. The molecule has 2 aromatic carbocycles. The highest BCUT2D eigenvalue weighted by molar-refractivity contribution is 8.00. The predicted molar refractivity (Wildman–Crippen MR) is 92.8 cm³/mol. The maximum absolute atomic E-state index is 3.82. The minimum atomic E-state index is 0.401. The number of hydrogen-bond acceptors (Lipinski definition) is 2. The molecule has 1 atom stereocenters. The van der Waals surface area contributed by atoms with Crippen molar-refractivity contribution in [3.63, 3.8) is 0 Å². The van der Waals surface area contributed by atoms with Gasteiger partial charge in [0.2, 0.25) is 0 Å². The summed E-state index contributed by atoms with van der Waals surface area (Å²) in [7, 11) is 0. The molecule has 3 rings (SSSR count). The van der Waals surface area contributed by atoms with E-state index in [9.17, 15) is 0 Å². The smallest absolute Gasteiger partial charge is 0.0361 e. The van der Waals surface area contributed by atoms with Crippen molar-refractivity contribution in [2.75, 3.05) is 12.8 Å². The molecule has 110 valence electrons. The fraction of sp³-hybridized carbons (Fsp3) is 0.368. The van der Waals surface area contributed by atoms with Crippen LogP contribution in [0.15, 0.2) is 60.7 Å². The van der Waals surface area contributed by atoms with Crippen molar-refractivity contribution < 1.29 is 0 Å². The third kappa shape index (κ3) is 3.90. The Morgan fingerprint density at radius 1 is 1.00 bits per heavy atom. The molecule has 0 amide bonds. The standard InChI is InChI=1S/C19H23NS/c1-21-19(12-13-19)15-20-18(17-10-6-3-7-11-17)14-16-8-4-2-5-9-16/h2-11,18,20H,12-15H2,1H3. The van der Waals surface area contributed by atoms with E-state index in [1.54, 1.807) is 0 Å². The Bertz CT molecular complexity index is 548. The second-order valence-electron chi connectivity index (χ2n) is 5.92. The molecule has 1 fully saturated rings. The molecular formula is C19H23NS. The number of thioether (sulfide) groups is 1. The lowest BCUT2D eigenvalue weighted by Crippen LogP contribution is -2.31. The molecule has 1 nitrogen and oxygen atoms in total. The van der Waals surface area contributed by atoms with E-state index in [4.69, 9.17) is 0 Å². The Labute approximate surface area is 132 Å².